The van der Waals surface area contributed by atoms with Crippen LogP contribution in [0.5, 0.6) is 11.5 Å². The fourth-order valence-electron chi connectivity index (χ4n) is 3.16. The van der Waals surface area contributed by atoms with Crippen molar-refractivity contribution in [2.24, 2.45) is 0 Å². The van der Waals surface area contributed by atoms with E-state index in [1.54, 1.807) is 30.0 Å². The first kappa shape index (κ1) is 18.8. The number of nitrogens with zero attached hydrogens (tertiary/aromatic N) is 1. The van der Waals surface area contributed by atoms with Gasteiger partial charge in [-0.2, -0.15) is 0 Å². The van der Waals surface area contributed by atoms with Gasteiger partial charge in [0.1, 0.15) is 30.0 Å². The lowest BCUT2D eigenvalue weighted by Gasteiger charge is -2.39. The maximum Gasteiger partial charge on any atom is 0.339 e. The van der Waals surface area contributed by atoms with Crippen molar-refractivity contribution in [3.8, 4) is 11.5 Å². The second kappa shape index (κ2) is 8.22. The Hall–Kier alpha value is -3.54. The van der Waals surface area contributed by atoms with Crippen LogP contribution in [0.1, 0.15) is 21.7 Å². The molecule has 1 saturated heterocycles. The summed E-state index contributed by atoms with van der Waals surface area (Å²) < 4.78 is 16.5. The van der Waals surface area contributed by atoms with Crippen molar-refractivity contribution in [3.63, 3.8) is 0 Å². The van der Waals surface area contributed by atoms with E-state index in [2.05, 4.69) is 0 Å². The second-order valence-electron chi connectivity index (χ2n) is 6.97. The van der Waals surface area contributed by atoms with E-state index in [0.29, 0.717) is 42.5 Å². The standard InChI is InChI=1S/C23H21NO5/c1-16-10-20(12-22(25)28-16)29-21-13-24(14-21)23(26)18-8-5-9-19(11-18)27-15-17-6-3-2-4-7-17/h2-12,21H,13-15H2,1H3. The number of amides is 1. The molecule has 2 heterocycles. The van der Waals surface area contributed by atoms with Crippen LogP contribution >= 0.6 is 0 Å². The van der Waals surface area contributed by atoms with Crippen molar-refractivity contribution in [1.82, 2.24) is 4.90 Å². The average Bonchev–Trinajstić information content (AvgIpc) is 2.69. The predicted octanol–water partition coefficient (Wildman–Crippen LogP) is 3.43. The molecule has 6 nitrogen and oxygen atoms in total. The summed E-state index contributed by atoms with van der Waals surface area (Å²) in [6.45, 7) is 3.07. The van der Waals surface area contributed by atoms with Gasteiger partial charge >= 0.3 is 5.63 Å². The maximum atomic E-state index is 12.7. The van der Waals surface area contributed by atoms with E-state index >= 15 is 0 Å². The fraction of sp³-hybridized carbons (Fsp3) is 0.217. The average molecular weight is 391 g/mol. The molecule has 0 bridgehead atoms. The summed E-state index contributed by atoms with van der Waals surface area (Å²) in [6, 6.07) is 20.0. The van der Waals surface area contributed by atoms with Gasteiger partial charge in [-0.25, -0.2) is 4.79 Å². The van der Waals surface area contributed by atoms with Crippen LogP contribution in [0.25, 0.3) is 0 Å². The molecule has 1 aliphatic rings. The molecule has 0 unspecified atom stereocenters. The molecule has 0 radical (unpaired) electrons. The Balaban J connectivity index is 1.33. The third kappa shape index (κ3) is 4.66. The minimum Gasteiger partial charge on any atom is -0.489 e. The Morgan fingerprint density at radius 3 is 2.59 bits per heavy atom. The highest BCUT2D eigenvalue weighted by Gasteiger charge is 2.33. The van der Waals surface area contributed by atoms with E-state index in [1.807, 2.05) is 42.5 Å². The molecule has 1 aliphatic heterocycles. The van der Waals surface area contributed by atoms with E-state index in [9.17, 15) is 9.59 Å². The number of rotatable bonds is 6. The van der Waals surface area contributed by atoms with Gasteiger partial charge in [-0.05, 0) is 30.7 Å². The van der Waals surface area contributed by atoms with Crippen LogP contribution in [0.3, 0.4) is 0 Å². The second-order valence-corrected chi connectivity index (χ2v) is 6.97. The molecule has 6 heteroatoms. The SMILES string of the molecule is Cc1cc(OC2CN(C(=O)c3cccc(OCc4ccccc4)c3)C2)cc(=O)o1. The van der Waals surface area contributed by atoms with Crippen molar-refractivity contribution < 1.29 is 18.7 Å². The summed E-state index contributed by atoms with van der Waals surface area (Å²) in [4.78, 5) is 25.8. The van der Waals surface area contributed by atoms with Crippen LogP contribution in [-0.2, 0) is 6.61 Å². The number of likely N-dealkylation sites (tertiary alicyclic amines) is 1. The largest absolute Gasteiger partial charge is 0.489 e. The first-order valence-electron chi connectivity index (χ1n) is 9.41. The summed E-state index contributed by atoms with van der Waals surface area (Å²) in [6.07, 6.45) is -0.141. The summed E-state index contributed by atoms with van der Waals surface area (Å²) in [5, 5.41) is 0. The van der Waals surface area contributed by atoms with E-state index in [-0.39, 0.29) is 12.0 Å². The third-order valence-electron chi connectivity index (χ3n) is 4.63. The Morgan fingerprint density at radius 1 is 1.03 bits per heavy atom. The van der Waals surface area contributed by atoms with Gasteiger partial charge in [0.15, 0.2) is 0 Å². The van der Waals surface area contributed by atoms with Gasteiger partial charge in [-0.15, -0.1) is 0 Å². The van der Waals surface area contributed by atoms with Crippen LogP contribution < -0.4 is 15.1 Å². The van der Waals surface area contributed by atoms with Gasteiger partial charge in [0.05, 0.1) is 19.2 Å². The van der Waals surface area contributed by atoms with Gasteiger partial charge in [-0.1, -0.05) is 36.4 Å². The molecule has 148 valence electrons. The highest BCUT2D eigenvalue weighted by molar-refractivity contribution is 5.95. The molecule has 0 spiro atoms. The molecule has 1 fully saturated rings. The number of carbonyl (C=O) groups is 1. The number of hydrogen-bond acceptors (Lipinski definition) is 5. The van der Waals surface area contributed by atoms with Crippen LogP contribution in [0.2, 0.25) is 0 Å². The van der Waals surface area contributed by atoms with Gasteiger partial charge in [-0.3, -0.25) is 4.79 Å². The summed E-state index contributed by atoms with van der Waals surface area (Å²) in [5.41, 5.74) is 1.20. The molecule has 2 aromatic carbocycles. The molecule has 4 rings (SSSR count). The molecular formula is C23H21NO5. The van der Waals surface area contributed by atoms with Gasteiger partial charge in [0.25, 0.3) is 5.91 Å². The van der Waals surface area contributed by atoms with Crippen molar-refractivity contribution in [1.29, 1.82) is 0 Å². The Labute approximate surface area is 168 Å². The highest BCUT2D eigenvalue weighted by atomic mass is 16.5. The van der Waals surface area contributed by atoms with E-state index < -0.39 is 5.63 Å². The van der Waals surface area contributed by atoms with Gasteiger partial charge in [0, 0.05) is 11.6 Å². The van der Waals surface area contributed by atoms with E-state index in [1.165, 1.54) is 6.07 Å². The molecule has 0 aliphatic carbocycles. The topological polar surface area (TPSA) is 69.0 Å². The van der Waals surface area contributed by atoms with Crippen LogP contribution in [0.15, 0.2) is 75.9 Å². The number of aryl methyl sites for hydroxylation is 1. The van der Waals surface area contributed by atoms with Crippen LogP contribution in [0.4, 0.5) is 0 Å². The summed E-state index contributed by atoms with van der Waals surface area (Å²) >= 11 is 0. The predicted molar refractivity (Wildman–Crippen MR) is 107 cm³/mol. The lowest BCUT2D eigenvalue weighted by atomic mass is 10.1. The maximum absolute atomic E-state index is 12.7. The minimum atomic E-state index is -0.445. The van der Waals surface area contributed by atoms with Crippen LogP contribution in [-0.4, -0.2) is 30.0 Å². The first-order chi connectivity index (χ1) is 14.1. The number of benzene rings is 2. The molecule has 3 aromatic rings. The molecule has 0 atom stereocenters. The highest BCUT2D eigenvalue weighted by Crippen LogP contribution is 2.22. The lowest BCUT2D eigenvalue weighted by molar-refractivity contribution is 0.0174. The number of hydrogen-bond donors (Lipinski definition) is 0. The van der Waals surface area contributed by atoms with Crippen molar-refractivity contribution in [2.45, 2.75) is 19.6 Å². The van der Waals surface area contributed by atoms with E-state index in [0.717, 1.165) is 5.56 Å². The Bertz CT molecular complexity index is 1050. The Kier molecular flexibility index (Phi) is 5.33. The van der Waals surface area contributed by atoms with Gasteiger partial charge in [0.2, 0.25) is 0 Å². The molecule has 0 saturated carbocycles. The quantitative estimate of drug-likeness (QED) is 0.644. The van der Waals surface area contributed by atoms with Crippen molar-refractivity contribution in [3.05, 3.63) is 94.0 Å². The molecule has 29 heavy (non-hydrogen) atoms. The fourth-order valence-corrected chi connectivity index (χ4v) is 3.16. The number of ether oxygens (including phenoxy) is 2. The molecule has 1 aromatic heterocycles. The zero-order chi connectivity index (χ0) is 20.2. The molecular weight excluding hydrogens is 370 g/mol. The van der Waals surface area contributed by atoms with E-state index in [4.69, 9.17) is 13.9 Å². The zero-order valence-corrected chi connectivity index (χ0v) is 16.0. The summed E-state index contributed by atoms with van der Waals surface area (Å²) in [5.74, 6) is 1.54. The number of carbonyl (C=O) groups excluding carboxylic acids is 1. The molecule has 0 N–H and O–H groups in total. The minimum absolute atomic E-state index is 0.0706. The van der Waals surface area contributed by atoms with Gasteiger partial charge < -0.3 is 18.8 Å². The first-order valence-corrected chi connectivity index (χ1v) is 9.41. The van der Waals surface area contributed by atoms with Crippen molar-refractivity contribution >= 4 is 5.91 Å². The smallest absolute Gasteiger partial charge is 0.339 e. The third-order valence-corrected chi connectivity index (χ3v) is 4.63. The normalized spacial score (nSPS) is 13.6. The lowest BCUT2D eigenvalue weighted by Crippen LogP contribution is -2.56. The Morgan fingerprint density at radius 2 is 1.83 bits per heavy atom. The zero-order valence-electron chi connectivity index (χ0n) is 16.0. The summed E-state index contributed by atoms with van der Waals surface area (Å²) in [7, 11) is 0. The van der Waals surface area contributed by atoms with Crippen LogP contribution in [0, 0.1) is 6.92 Å². The molecule has 1 amide bonds. The van der Waals surface area contributed by atoms with Crippen molar-refractivity contribution in [2.75, 3.05) is 13.1 Å². The monoisotopic (exact) mass is 391 g/mol.